The summed E-state index contributed by atoms with van der Waals surface area (Å²) in [5.74, 6) is -0.348. The fourth-order valence-electron chi connectivity index (χ4n) is 1.66. The van der Waals surface area contributed by atoms with Gasteiger partial charge in [-0.25, -0.2) is 4.98 Å². The maximum absolute atomic E-state index is 12.0. The van der Waals surface area contributed by atoms with Crippen molar-refractivity contribution < 1.29 is 9.90 Å². The second-order valence-electron chi connectivity index (χ2n) is 3.98. The zero-order valence-electron chi connectivity index (χ0n) is 10.1. The second-order valence-corrected chi connectivity index (χ2v) is 4.42. The number of amides is 1. The van der Waals surface area contributed by atoms with E-state index < -0.39 is 6.04 Å². The van der Waals surface area contributed by atoms with Crippen molar-refractivity contribution in [3.63, 3.8) is 0 Å². The highest BCUT2D eigenvalue weighted by Crippen LogP contribution is 2.13. The summed E-state index contributed by atoms with van der Waals surface area (Å²) in [5, 5.41) is 12.6. The smallest absolute Gasteiger partial charge is 0.270 e. The molecule has 98 valence electrons. The van der Waals surface area contributed by atoms with Crippen molar-refractivity contribution >= 4 is 17.5 Å². The number of aliphatic hydroxyl groups is 1. The van der Waals surface area contributed by atoms with E-state index in [0.717, 1.165) is 5.56 Å². The zero-order chi connectivity index (χ0) is 13.7. The number of nitrogens with one attached hydrogen (secondary N) is 1. The van der Waals surface area contributed by atoms with E-state index in [1.807, 2.05) is 30.3 Å². The third-order valence-corrected chi connectivity index (χ3v) is 2.87. The summed E-state index contributed by atoms with van der Waals surface area (Å²) in [6.45, 7) is -0.177. The maximum atomic E-state index is 12.0. The van der Waals surface area contributed by atoms with Crippen LogP contribution in [-0.4, -0.2) is 22.6 Å². The Balaban J connectivity index is 2.10. The van der Waals surface area contributed by atoms with Crippen LogP contribution in [0.1, 0.15) is 22.1 Å². The van der Waals surface area contributed by atoms with Crippen molar-refractivity contribution in [2.45, 2.75) is 6.04 Å². The van der Waals surface area contributed by atoms with E-state index in [1.54, 1.807) is 6.07 Å². The molecule has 0 saturated heterocycles. The number of hydrogen-bond acceptors (Lipinski definition) is 3. The van der Waals surface area contributed by atoms with Crippen molar-refractivity contribution in [3.05, 3.63) is 64.9 Å². The number of nitrogens with zero attached hydrogens (tertiary/aromatic N) is 1. The van der Waals surface area contributed by atoms with Crippen LogP contribution in [0.4, 0.5) is 0 Å². The first kappa shape index (κ1) is 13.5. The van der Waals surface area contributed by atoms with Crippen molar-refractivity contribution in [1.82, 2.24) is 10.3 Å². The first-order valence-corrected chi connectivity index (χ1v) is 6.16. The van der Waals surface area contributed by atoms with Crippen LogP contribution in [0.2, 0.25) is 5.02 Å². The van der Waals surface area contributed by atoms with E-state index in [1.165, 1.54) is 12.3 Å². The molecule has 1 heterocycles. The fourth-order valence-corrected chi connectivity index (χ4v) is 1.77. The Morgan fingerprint density at radius 1 is 1.26 bits per heavy atom. The topological polar surface area (TPSA) is 62.2 Å². The van der Waals surface area contributed by atoms with Crippen LogP contribution in [0.25, 0.3) is 0 Å². The number of benzene rings is 1. The number of carbonyl (C=O) groups is 1. The van der Waals surface area contributed by atoms with Gasteiger partial charge in [-0.3, -0.25) is 4.79 Å². The first-order valence-electron chi connectivity index (χ1n) is 5.79. The van der Waals surface area contributed by atoms with Crippen LogP contribution in [0.15, 0.2) is 48.7 Å². The lowest BCUT2D eigenvalue weighted by atomic mass is 10.1. The van der Waals surface area contributed by atoms with Crippen LogP contribution in [-0.2, 0) is 0 Å². The average Bonchev–Trinajstić information content (AvgIpc) is 2.46. The Morgan fingerprint density at radius 3 is 2.58 bits per heavy atom. The minimum atomic E-state index is -0.453. The number of halogens is 1. The zero-order valence-corrected chi connectivity index (χ0v) is 10.8. The van der Waals surface area contributed by atoms with E-state index in [2.05, 4.69) is 10.3 Å². The number of carbonyl (C=O) groups excluding carboxylic acids is 1. The molecule has 5 heteroatoms. The Labute approximate surface area is 116 Å². The van der Waals surface area contributed by atoms with E-state index in [0.29, 0.717) is 5.02 Å². The molecule has 0 saturated carbocycles. The number of aromatic nitrogens is 1. The molecule has 2 rings (SSSR count). The van der Waals surface area contributed by atoms with Crippen LogP contribution in [0.3, 0.4) is 0 Å². The number of rotatable bonds is 4. The lowest BCUT2D eigenvalue weighted by Crippen LogP contribution is -2.31. The maximum Gasteiger partial charge on any atom is 0.270 e. The van der Waals surface area contributed by atoms with Crippen LogP contribution in [0, 0.1) is 0 Å². The van der Waals surface area contributed by atoms with E-state index >= 15 is 0 Å². The molecule has 4 nitrogen and oxygen atoms in total. The number of pyridine rings is 1. The van der Waals surface area contributed by atoms with Gasteiger partial charge in [0.25, 0.3) is 5.91 Å². The molecular weight excluding hydrogens is 264 g/mol. The number of aliphatic hydroxyl groups excluding tert-OH is 1. The summed E-state index contributed by atoms with van der Waals surface area (Å²) in [7, 11) is 0. The molecule has 0 aliphatic heterocycles. The van der Waals surface area contributed by atoms with Gasteiger partial charge in [-0.05, 0) is 17.7 Å². The van der Waals surface area contributed by atoms with E-state index in [9.17, 15) is 9.90 Å². The standard InChI is InChI=1S/C14H13ClN2O2/c15-11-6-7-12(16-8-11)14(19)17-13(9-18)10-4-2-1-3-5-10/h1-8,13,18H,9H2,(H,17,19). The molecule has 1 aromatic carbocycles. The van der Waals surface area contributed by atoms with Gasteiger partial charge in [0.1, 0.15) is 5.69 Å². The fraction of sp³-hybridized carbons (Fsp3) is 0.143. The lowest BCUT2D eigenvalue weighted by molar-refractivity contribution is 0.0911. The monoisotopic (exact) mass is 276 g/mol. The highest BCUT2D eigenvalue weighted by atomic mass is 35.5. The van der Waals surface area contributed by atoms with Gasteiger partial charge in [0, 0.05) is 6.20 Å². The Hall–Kier alpha value is -1.91. The molecule has 1 aromatic heterocycles. The van der Waals surface area contributed by atoms with Crippen molar-refractivity contribution in [1.29, 1.82) is 0 Å². The minimum absolute atomic E-state index is 0.177. The van der Waals surface area contributed by atoms with E-state index in [-0.39, 0.29) is 18.2 Å². The molecule has 1 atom stereocenters. The van der Waals surface area contributed by atoms with Crippen LogP contribution >= 0.6 is 11.6 Å². The SMILES string of the molecule is O=C(NC(CO)c1ccccc1)c1ccc(Cl)cn1. The summed E-state index contributed by atoms with van der Waals surface area (Å²) in [6, 6.07) is 11.9. The number of hydrogen-bond donors (Lipinski definition) is 2. The van der Waals surface area contributed by atoms with Gasteiger partial charge < -0.3 is 10.4 Å². The molecule has 2 aromatic rings. The predicted octanol–water partition coefficient (Wildman–Crippen LogP) is 2.20. The summed E-state index contributed by atoms with van der Waals surface area (Å²) in [5.41, 5.74) is 1.10. The summed E-state index contributed by atoms with van der Waals surface area (Å²) in [4.78, 5) is 15.9. The third kappa shape index (κ3) is 3.53. The second kappa shape index (κ2) is 6.31. The van der Waals surface area contributed by atoms with Gasteiger partial charge in [0.2, 0.25) is 0 Å². The van der Waals surface area contributed by atoms with E-state index in [4.69, 9.17) is 11.6 Å². The van der Waals surface area contributed by atoms with Gasteiger partial charge in [-0.2, -0.15) is 0 Å². The van der Waals surface area contributed by atoms with Crippen molar-refractivity contribution in [2.75, 3.05) is 6.61 Å². The Morgan fingerprint density at radius 2 is 2.00 bits per heavy atom. The highest BCUT2D eigenvalue weighted by molar-refractivity contribution is 6.30. The molecule has 1 unspecified atom stereocenters. The molecule has 0 fully saturated rings. The quantitative estimate of drug-likeness (QED) is 0.900. The summed E-state index contributed by atoms with van der Waals surface area (Å²) < 4.78 is 0. The molecule has 19 heavy (non-hydrogen) atoms. The lowest BCUT2D eigenvalue weighted by Gasteiger charge is -2.16. The normalized spacial score (nSPS) is 11.9. The van der Waals surface area contributed by atoms with Crippen molar-refractivity contribution in [2.24, 2.45) is 0 Å². The van der Waals surface area contributed by atoms with Gasteiger partial charge in [0.05, 0.1) is 17.7 Å². The molecule has 1 amide bonds. The predicted molar refractivity (Wildman–Crippen MR) is 73.0 cm³/mol. The molecule has 2 N–H and O–H groups in total. The summed E-state index contributed by atoms with van der Waals surface area (Å²) in [6.07, 6.45) is 1.41. The first-order chi connectivity index (χ1) is 9.20. The molecule has 0 aliphatic carbocycles. The highest BCUT2D eigenvalue weighted by Gasteiger charge is 2.15. The Bertz CT molecular complexity index is 543. The molecule has 0 radical (unpaired) electrons. The van der Waals surface area contributed by atoms with Crippen molar-refractivity contribution in [3.8, 4) is 0 Å². The summed E-state index contributed by atoms with van der Waals surface area (Å²) >= 11 is 5.71. The van der Waals surface area contributed by atoms with Gasteiger partial charge in [-0.1, -0.05) is 41.9 Å². The third-order valence-electron chi connectivity index (χ3n) is 2.65. The molecule has 0 bridgehead atoms. The van der Waals surface area contributed by atoms with Crippen LogP contribution in [0.5, 0.6) is 0 Å². The van der Waals surface area contributed by atoms with Gasteiger partial charge in [-0.15, -0.1) is 0 Å². The van der Waals surface area contributed by atoms with Gasteiger partial charge >= 0.3 is 0 Å². The minimum Gasteiger partial charge on any atom is -0.394 e. The average molecular weight is 277 g/mol. The Kier molecular flexibility index (Phi) is 4.49. The molecular formula is C14H13ClN2O2. The van der Waals surface area contributed by atoms with Gasteiger partial charge in [0.15, 0.2) is 0 Å². The molecule has 0 aliphatic rings. The largest absolute Gasteiger partial charge is 0.394 e. The molecule has 0 spiro atoms. The van der Waals surface area contributed by atoms with Crippen LogP contribution < -0.4 is 5.32 Å².